The molecule has 3 rings (SSSR count). The SMILES string of the molecule is O=C(O)c1[nH]c(=O)n(C[C@H]2CCCO2)c(=O)c1CN1CCCC1. The minimum absolute atomic E-state index is 0.150. The molecule has 0 unspecified atom stereocenters. The Hall–Kier alpha value is -1.93. The van der Waals surface area contributed by atoms with Gasteiger partial charge in [-0.15, -0.1) is 0 Å². The maximum Gasteiger partial charge on any atom is 0.352 e. The first-order valence-electron chi connectivity index (χ1n) is 7.99. The number of aromatic amines is 1. The fraction of sp³-hybridized carbons (Fsp3) is 0.667. The Bertz CT molecular complexity index is 696. The van der Waals surface area contributed by atoms with Crippen LogP contribution in [0.15, 0.2) is 9.59 Å². The average Bonchev–Trinajstić information content (AvgIpc) is 3.19. The molecule has 0 bridgehead atoms. The van der Waals surface area contributed by atoms with E-state index in [0.29, 0.717) is 6.61 Å². The lowest BCUT2D eigenvalue weighted by Crippen LogP contribution is -2.43. The first-order valence-corrected chi connectivity index (χ1v) is 7.99. The summed E-state index contributed by atoms with van der Waals surface area (Å²) in [6, 6.07) is 0. The number of hydrogen-bond acceptors (Lipinski definition) is 5. The largest absolute Gasteiger partial charge is 0.477 e. The van der Waals surface area contributed by atoms with E-state index < -0.39 is 17.2 Å². The number of nitrogens with one attached hydrogen (secondary N) is 1. The van der Waals surface area contributed by atoms with Crippen LogP contribution in [0.3, 0.4) is 0 Å². The molecule has 2 fully saturated rings. The van der Waals surface area contributed by atoms with Crippen LogP contribution >= 0.6 is 0 Å². The summed E-state index contributed by atoms with van der Waals surface area (Å²) in [6.45, 7) is 2.72. The van der Waals surface area contributed by atoms with Crippen molar-refractivity contribution in [3.8, 4) is 0 Å². The van der Waals surface area contributed by atoms with Gasteiger partial charge in [-0.1, -0.05) is 0 Å². The lowest BCUT2D eigenvalue weighted by atomic mass is 10.2. The fourth-order valence-electron chi connectivity index (χ4n) is 3.26. The number of nitrogens with zero attached hydrogens (tertiary/aromatic N) is 2. The lowest BCUT2D eigenvalue weighted by molar-refractivity contribution is 0.0685. The summed E-state index contributed by atoms with van der Waals surface area (Å²) in [4.78, 5) is 40.6. The molecular formula is C15H21N3O5. The molecule has 0 aromatic carbocycles. The highest BCUT2D eigenvalue weighted by Gasteiger charge is 2.24. The molecule has 0 spiro atoms. The van der Waals surface area contributed by atoms with Crippen molar-refractivity contribution < 1.29 is 14.6 Å². The van der Waals surface area contributed by atoms with Gasteiger partial charge in [-0.2, -0.15) is 0 Å². The standard InChI is InChI=1S/C15H21N3O5/c19-13-11(9-17-5-1-2-6-17)12(14(20)21)16-15(22)18(13)8-10-4-3-7-23-10/h10H,1-9H2,(H,16,22)(H,20,21)/t10-/m1/s1. The minimum atomic E-state index is -1.28. The van der Waals surface area contributed by atoms with E-state index in [-0.39, 0.29) is 30.5 Å². The molecule has 2 N–H and O–H groups in total. The van der Waals surface area contributed by atoms with Crippen molar-refractivity contribution >= 4 is 5.97 Å². The number of aromatic carboxylic acids is 1. The number of rotatable bonds is 5. The highest BCUT2D eigenvalue weighted by molar-refractivity contribution is 5.86. The van der Waals surface area contributed by atoms with Crippen LogP contribution in [0, 0.1) is 0 Å². The summed E-state index contributed by atoms with van der Waals surface area (Å²) in [5.41, 5.74) is -1.35. The van der Waals surface area contributed by atoms with Gasteiger partial charge in [-0.25, -0.2) is 9.59 Å². The molecule has 0 aliphatic carbocycles. The molecule has 1 atom stereocenters. The number of H-pyrrole nitrogens is 1. The third-order valence-electron chi connectivity index (χ3n) is 4.49. The highest BCUT2D eigenvalue weighted by Crippen LogP contribution is 2.14. The first-order chi connectivity index (χ1) is 11.1. The summed E-state index contributed by atoms with van der Waals surface area (Å²) in [6.07, 6.45) is 3.62. The first kappa shape index (κ1) is 15.9. The molecule has 1 aromatic heterocycles. The maximum atomic E-state index is 12.7. The molecule has 3 heterocycles. The molecular weight excluding hydrogens is 302 g/mol. The second-order valence-electron chi connectivity index (χ2n) is 6.12. The fourth-order valence-corrected chi connectivity index (χ4v) is 3.26. The second-order valence-corrected chi connectivity index (χ2v) is 6.12. The van der Waals surface area contributed by atoms with E-state index in [1.165, 1.54) is 0 Å². The predicted molar refractivity (Wildman–Crippen MR) is 81.8 cm³/mol. The molecule has 0 saturated carbocycles. The van der Waals surface area contributed by atoms with Crippen molar-refractivity contribution in [2.45, 2.75) is 44.9 Å². The summed E-state index contributed by atoms with van der Waals surface area (Å²) < 4.78 is 6.56. The van der Waals surface area contributed by atoms with Gasteiger partial charge in [0.2, 0.25) is 0 Å². The van der Waals surface area contributed by atoms with Crippen molar-refractivity contribution in [2.24, 2.45) is 0 Å². The van der Waals surface area contributed by atoms with Crippen LogP contribution in [-0.2, 0) is 17.8 Å². The quantitative estimate of drug-likeness (QED) is 0.791. The Balaban J connectivity index is 1.97. The number of likely N-dealkylation sites (tertiary alicyclic amines) is 1. The monoisotopic (exact) mass is 323 g/mol. The van der Waals surface area contributed by atoms with E-state index in [1.807, 2.05) is 4.90 Å². The second kappa shape index (κ2) is 6.67. The molecule has 8 nitrogen and oxygen atoms in total. The van der Waals surface area contributed by atoms with Gasteiger partial charge in [-0.05, 0) is 38.8 Å². The van der Waals surface area contributed by atoms with Gasteiger partial charge in [0, 0.05) is 13.2 Å². The Morgan fingerprint density at radius 3 is 2.61 bits per heavy atom. The number of carboxylic acid groups (broad SMARTS) is 1. The highest BCUT2D eigenvalue weighted by atomic mass is 16.5. The number of carboxylic acids is 1. The zero-order chi connectivity index (χ0) is 16.4. The molecule has 0 amide bonds. The van der Waals surface area contributed by atoms with Gasteiger partial charge >= 0.3 is 11.7 Å². The van der Waals surface area contributed by atoms with E-state index in [9.17, 15) is 19.5 Å². The summed E-state index contributed by atoms with van der Waals surface area (Å²) in [7, 11) is 0. The Morgan fingerprint density at radius 2 is 2.00 bits per heavy atom. The smallest absolute Gasteiger partial charge is 0.352 e. The zero-order valence-electron chi connectivity index (χ0n) is 12.9. The van der Waals surface area contributed by atoms with E-state index in [1.54, 1.807) is 0 Å². The van der Waals surface area contributed by atoms with Crippen LogP contribution in [0.1, 0.15) is 41.7 Å². The van der Waals surface area contributed by atoms with E-state index in [0.717, 1.165) is 43.3 Å². The third kappa shape index (κ3) is 3.37. The molecule has 126 valence electrons. The minimum Gasteiger partial charge on any atom is -0.477 e. The summed E-state index contributed by atoms with van der Waals surface area (Å²) in [5, 5.41) is 9.30. The number of ether oxygens (including phenoxy) is 1. The maximum absolute atomic E-state index is 12.7. The van der Waals surface area contributed by atoms with Crippen molar-refractivity contribution in [1.82, 2.24) is 14.5 Å². The topological polar surface area (TPSA) is 105 Å². The Morgan fingerprint density at radius 1 is 1.26 bits per heavy atom. The van der Waals surface area contributed by atoms with Crippen molar-refractivity contribution in [3.63, 3.8) is 0 Å². The van der Waals surface area contributed by atoms with Crippen LogP contribution in [-0.4, -0.2) is 51.3 Å². The Labute approximate surface area is 132 Å². The molecule has 2 aliphatic heterocycles. The van der Waals surface area contributed by atoms with Crippen molar-refractivity contribution in [2.75, 3.05) is 19.7 Å². The lowest BCUT2D eigenvalue weighted by Gasteiger charge is -2.17. The number of aromatic nitrogens is 2. The number of carbonyl (C=O) groups is 1. The van der Waals surface area contributed by atoms with Crippen molar-refractivity contribution in [3.05, 3.63) is 32.1 Å². The molecule has 23 heavy (non-hydrogen) atoms. The van der Waals surface area contributed by atoms with Gasteiger partial charge < -0.3 is 14.8 Å². The Kier molecular flexibility index (Phi) is 4.63. The van der Waals surface area contributed by atoms with Crippen LogP contribution < -0.4 is 11.2 Å². The van der Waals surface area contributed by atoms with Gasteiger partial charge in [0.25, 0.3) is 5.56 Å². The van der Waals surface area contributed by atoms with Crippen molar-refractivity contribution in [1.29, 1.82) is 0 Å². The molecule has 8 heteroatoms. The summed E-state index contributed by atoms with van der Waals surface area (Å²) >= 11 is 0. The number of hydrogen-bond donors (Lipinski definition) is 2. The van der Waals surface area contributed by atoms with Crippen LogP contribution in [0.2, 0.25) is 0 Å². The molecule has 2 aliphatic rings. The van der Waals surface area contributed by atoms with Crippen LogP contribution in [0.5, 0.6) is 0 Å². The van der Waals surface area contributed by atoms with Gasteiger partial charge in [0.1, 0.15) is 5.69 Å². The van der Waals surface area contributed by atoms with E-state index in [4.69, 9.17) is 4.74 Å². The van der Waals surface area contributed by atoms with E-state index >= 15 is 0 Å². The molecule has 2 saturated heterocycles. The van der Waals surface area contributed by atoms with Gasteiger partial charge in [-0.3, -0.25) is 14.3 Å². The van der Waals surface area contributed by atoms with Gasteiger partial charge in [0.15, 0.2) is 0 Å². The van der Waals surface area contributed by atoms with Crippen LogP contribution in [0.25, 0.3) is 0 Å². The zero-order valence-corrected chi connectivity index (χ0v) is 12.9. The normalized spacial score (nSPS) is 21.8. The molecule has 0 radical (unpaired) electrons. The predicted octanol–water partition coefficient (Wildman–Crippen LogP) is 0.00960. The third-order valence-corrected chi connectivity index (χ3v) is 4.49. The average molecular weight is 323 g/mol. The molecule has 1 aromatic rings. The van der Waals surface area contributed by atoms with E-state index in [2.05, 4.69) is 4.98 Å². The van der Waals surface area contributed by atoms with Crippen LogP contribution in [0.4, 0.5) is 0 Å². The van der Waals surface area contributed by atoms with Gasteiger partial charge in [0.05, 0.1) is 18.2 Å². The summed E-state index contributed by atoms with van der Waals surface area (Å²) in [5.74, 6) is -1.28.